The predicted octanol–water partition coefficient (Wildman–Crippen LogP) is 2.70. The number of hydrogen-bond donors (Lipinski definition) is 1. The molecule has 0 amide bonds. The van der Waals surface area contributed by atoms with Crippen LogP contribution in [0, 0.1) is 33.5 Å². The first kappa shape index (κ1) is 20.9. The fraction of sp³-hybridized carbons (Fsp3) is 0.571. The lowest BCUT2D eigenvalue weighted by Gasteiger charge is -2.32. The number of amidine groups is 1. The lowest BCUT2D eigenvalue weighted by Crippen LogP contribution is -2.44. The Kier molecular flexibility index (Phi) is 5.44. The highest BCUT2D eigenvalue weighted by atomic mass is 16.7. The van der Waals surface area contributed by atoms with Crippen LogP contribution in [0.15, 0.2) is 23.2 Å². The molecule has 3 rings (SSSR count). The van der Waals surface area contributed by atoms with E-state index in [0.29, 0.717) is 43.1 Å². The Morgan fingerprint density at radius 3 is 2.21 bits per heavy atom. The summed E-state index contributed by atoms with van der Waals surface area (Å²) < 4.78 is 22.9. The molecule has 8 heteroatoms. The van der Waals surface area contributed by atoms with Gasteiger partial charge in [-0.25, -0.2) is 4.99 Å². The van der Waals surface area contributed by atoms with Gasteiger partial charge in [-0.1, -0.05) is 13.8 Å². The minimum absolute atomic E-state index is 0.0450. The third-order valence-corrected chi connectivity index (χ3v) is 5.68. The van der Waals surface area contributed by atoms with Gasteiger partial charge < -0.3 is 24.7 Å². The van der Waals surface area contributed by atoms with Gasteiger partial charge in [0.1, 0.15) is 22.7 Å². The Labute approximate surface area is 170 Å². The van der Waals surface area contributed by atoms with E-state index in [1.54, 1.807) is 25.3 Å². The average Bonchev–Trinajstić information content (AvgIpc) is 3.33. The number of nitrogens with zero attached hydrogens (tertiary/aromatic N) is 3. The monoisotopic (exact) mass is 398 g/mol. The van der Waals surface area contributed by atoms with Gasteiger partial charge >= 0.3 is 0 Å². The first-order chi connectivity index (χ1) is 14.0. The quantitative estimate of drug-likeness (QED) is 0.634. The van der Waals surface area contributed by atoms with Gasteiger partial charge in [-0.05, 0) is 31.0 Å². The summed E-state index contributed by atoms with van der Waals surface area (Å²) in [5.74, 6) is -1.13. The molecule has 1 heterocycles. The molecule has 2 aliphatic rings. The normalized spacial score (nSPS) is 28.6. The van der Waals surface area contributed by atoms with Crippen LogP contribution in [0.1, 0.15) is 38.2 Å². The van der Waals surface area contributed by atoms with Gasteiger partial charge in [0.25, 0.3) is 5.91 Å². The fourth-order valence-electron chi connectivity index (χ4n) is 4.37. The fourth-order valence-corrected chi connectivity index (χ4v) is 4.37. The van der Waals surface area contributed by atoms with Gasteiger partial charge in [0.05, 0.1) is 39.6 Å². The zero-order chi connectivity index (χ0) is 21.3. The summed E-state index contributed by atoms with van der Waals surface area (Å²) >= 11 is 0. The number of nitriles is 2. The van der Waals surface area contributed by atoms with Gasteiger partial charge in [0.2, 0.25) is 0 Å². The molecule has 1 aromatic carbocycles. The van der Waals surface area contributed by atoms with E-state index in [2.05, 4.69) is 17.1 Å². The summed E-state index contributed by atoms with van der Waals surface area (Å²) in [7, 11) is 3.09. The van der Waals surface area contributed by atoms with Gasteiger partial charge in [0, 0.05) is 11.5 Å². The second kappa shape index (κ2) is 7.55. The molecule has 1 aliphatic carbocycles. The van der Waals surface area contributed by atoms with Gasteiger partial charge in [0.15, 0.2) is 5.41 Å². The molecule has 0 aromatic heterocycles. The standard InChI is InChI=1S/C21H26N4O4/c1-5-9-28-21(29-10-6-2)20(13-23)17(19(20,12-22)18(24)25-21)15-11-14(26-3)7-8-16(15)27-4/h7-8,11,17H,5-6,9-10H2,1-4H3,(H2,24,25). The van der Waals surface area contributed by atoms with Crippen molar-refractivity contribution < 1.29 is 18.9 Å². The lowest BCUT2D eigenvalue weighted by molar-refractivity contribution is -0.259. The average molecular weight is 398 g/mol. The summed E-state index contributed by atoms with van der Waals surface area (Å²) in [6.07, 6.45) is 1.39. The predicted molar refractivity (Wildman–Crippen MR) is 105 cm³/mol. The largest absolute Gasteiger partial charge is 0.497 e. The van der Waals surface area contributed by atoms with Crippen LogP contribution < -0.4 is 15.2 Å². The number of methoxy groups -OCH3 is 2. The zero-order valence-corrected chi connectivity index (χ0v) is 17.2. The van der Waals surface area contributed by atoms with E-state index in [9.17, 15) is 10.5 Å². The molecular formula is C21H26N4O4. The van der Waals surface area contributed by atoms with Crippen molar-refractivity contribution in [3.05, 3.63) is 23.8 Å². The van der Waals surface area contributed by atoms with Crippen LogP contribution in [0.4, 0.5) is 0 Å². The maximum Gasteiger partial charge on any atom is 0.293 e. The molecule has 0 bridgehead atoms. The highest BCUT2D eigenvalue weighted by Crippen LogP contribution is 2.82. The molecule has 1 fully saturated rings. The Morgan fingerprint density at radius 2 is 1.72 bits per heavy atom. The molecule has 2 N–H and O–H groups in total. The highest BCUT2D eigenvalue weighted by Gasteiger charge is 2.94. The van der Waals surface area contributed by atoms with Crippen LogP contribution in [0.3, 0.4) is 0 Å². The van der Waals surface area contributed by atoms with E-state index in [1.165, 1.54) is 7.11 Å². The summed E-state index contributed by atoms with van der Waals surface area (Å²) in [5.41, 5.74) is 4.12. The molecule has 154 valence electrons. The SMILES string of the molecule is CCCOC1(OCCC)N=C(N)C2(C#N)C(c3cc(OC)ccc3OC)C12C#N. The van der Waals surface area contributed by atoms with E-state index in [4.69, 9.17) is 24.7 Å². The molecule has 0 saturated heterocycles. The smallest absolute Gasteiger partial charge is 0.293 e. The summed E-state index contributed by atoms with van der Waals surface area (Å²) in [6.45, 7) is 4.52. The number of aliphatic imine (C=N–C) groups is 1. The van der Waals surface area contributed by atoms with Crippen molar-refractivity contribution in [3.8, 4) is 23.6 Å². The number of rotatable bonds is 9. The van der Waals surface area contributed by atoms with Crippen LogP contribution in [0.2, 0.25) is 0 Å². The van der Waals surface area contributed by atoms with Crippen LogP contribution in [0.25, 0.3) is 0 Å². The summed E-state index contributed by atoms with van der Waals surface area (Å²) in [5, 5.41) is 20.6. The summed E-state index contributed by atoms with van der Waals surface area (Å²) in [6, 6.07) is 9.84. The molecule has 1 aliphatic heterocycles. The van der Waals surface area contributed by atoms with E-state index in [1.807, 2.05) is 13.8 Å². The van der Waals surface area contributed by atoms with Gasteiger partial charge in [-0.2, -0.15) is 10.5 Å². The van der Waals surface area contributed by atoms with Gasteiger partial charge in [-0.15, -0.1) is 0 Å². The van der Waals surface area contributed by atoms with Crippen molar-refractivity contribution in [2.24, 2.45) is 21.6 Å². The number of fused-ring (bicyclic) bond motifs is 1. The van der Waals surface area contributed by atoms with E-state index >= 15 is 0 Å². The molecule has 0 radical (unpaired) electrons. The van der Waals surface area contributed by atoms with E-state index in [0.717, 1.165) is 0 Å². The third kappa shape index (κ3) is 2.53. The molecular weight excluding hydrogens is 372 g/mol. The molecule has 0 spiro atoms. The minimum atomic E-state index is -1.65. The number of nitrogens with two attached hydrogens (primary N) is 1. The molecule has 29 heavy (non-hydrogen) atoms. The van der Waals surface area contributed by atoms with Crippen LogP contribution in [-0.4, -0.2) is 39.2 Å². The Balaban J connectivity index is 2.23. The van der Waals surface area contributed by atoms with E-state index in [-0.39, 0.29) is 5.84 Å². The molecule has 3 unspecified atom stereocenters. The zero-order valence-electron chi connectivity index (χ0n) is 17.2. The second-order valence-electron chi connectivity index (χ2n) is 7.16. The van der Waals surface area contributed by atoms with Crippen LogP contribution in [-0.2, 0) is 9.47 Å². The van der Waals surface area contributed by atoms with Crippen LogP contribution in [0.5, 0.6) is 11.5 Å². The second-order valence-corrected chi connectivity index (χ2v) is 7.16. The molecule has 3 atom stereocenters. The van der Waals surface area contributed by atoms with Crippen molar-refractivity contribution in [1.29, 1.82) is 10.5 Å². The van der Waals surface area contributed by atoms with Crippen molar-refractivity contribution in [2.45, 2.75) is 38.5 Å². The molecule has 1 saturated carbocycles. The number of hydrogen-bond acceptors (Lipinski definition) is 8. The van der Waals surface area contributed by atoms with Crippen LogP contribution >= 0.6 is 0 Å². The first-order valence-corrected chi connectivity index (χ1v) is 9.66. The number of ether oxygens (including phenoxy) is 4. The van der Waals surface area contributed by atoms with Gasteiger partial charge in [-0.3, -0.25) is 0 Å². The highest BCUT2D eigenvalue weighted by molar-refractivity contribution is 6.00. The topological polar surface area (TPSA) is 123 Å². The maximum absolute atomic E-state index is 10.4. The summed E-state index contributed by atoms with van der Waals surface area (Å²) in [4.78, 5) is 4.42. The van der Waals surface area contributed by atoms with Crippen molar-refractivity contribution in [1.82, 2.24) is 0 Å². The maximum atomic E-state index is 10.4. The molecule has 8 nitrogen and oxygen atoms in total. The van der Waals surface area contributed by atoms with Crippen molar-refractivity contribution in [2.75, 3.05) is 27.4 Å². The number of benzene rings is 1. The Hall–Kier alpha value is -2.81. The first-order valence-electron chi connectivity index (χ1n) is 9.66. The molecule has 1 aromatic rings. The minimum Gasteiger partial charge on any atom is -0.497 e. The Bertz CT molecular complexity index is 895. The lowest BCUT2D eigenvalue weighted by atomic mass is 9.93. The van der Waals surface area contributed by atoms with Crippen molar-refractivity contribution >= 4 is 5.84 Å². The Morgan fingerprint density at radius 1 is 1.07 bits per heavy atom. The third-order valence-electron chi connectivity index (χ3n) is 5.68. The van der Waals surface area contributed by atoms with E-state index < -0.39 is 22.7 Å². The van der Waals surface area contributed by atoms with Crippen molar-refractivity contribution in [3.63, 3.8) is 0 Å².